The SMILES string of the molecule is Cl.N[C@@H]1CN(CC(=O)NCC2CC2)C[C@H]1c1ccccc1. The first-order valence-electron chi connectivity index (χ1n) is 7.52. The predicted octanol–water partition coefficient (Wildman–Crippen LogP) is 1.36. The number of benzene rings is 1. The maximum absolute atomic E-state index is 11.9. The highest BCUT2D eigenvalue weighted by Gasteiger charge is 2.32. The van der Waals surface area contributed by atoms with Gasteiger partial charge in [0.2, 0.25) is 5.91 Å². The molecule has 0 unspecified atom stereocenters. The number of nitrogens with zero attached hydrogens (tertiary/aromatic N) is 1. The maximum Gasteiger partial charge on any atom is 0.234 e. The summed E-state index contributed by atoms with van der Waals surface area (Å²) < 4.78 is 0. The van der Waals surface area contributed by atoms with E-state index in [1.54, 1.807) is 0 Å². The lowest BCUT2D eigenvalue weighted by Gasteiger charge is -2.15. The van der Waals surface area contributed by atoms with Gasteiger partial charge in [-0.3, -0.25) is 9.69 Å². The zero-order valence-electron chi connectivity index (χ0n) is 12.2. The van der Waals surface area contributed by atoms with Crippen LogP contribution in [0, 0.1) is 5.92 Å². The van der Waals surface area contributed by atoms with Gasteiger partial charge >= 0.3 is 0 Å². The minimum Gasteiger partial charge on any atom is -0.355 e. The van der Waals surface area contributed by atoms with Gasteiger partial charge in [0.05, 0.1) is 6.54 Å². The highest BCUT2D eigenvalue weighted by Crippen LogP contribution is 2.28. The third kappa shape index (κ3) is 4.43. The van der Waals surface area contributed by atoms with E-state index in [0.717, 1.165) is 25.6 Å². The summed E-state index contributed by atoms with van der Waals surface area (Å²) in [5.74, 6) is 1.21. The zero-order valence-corrected chi connectivity index (χ0v) is 13.0. The zero-order chi connectivity index (χ0) is 13.9. The number of hydrogen-bond donors (Lipinski definition) is 2. The molecule has 3 N–H and O–H groups in total. The van der Waals surface area contributed by atoms with Crippen LogP contribution in [0.4, 0.5) is 0 Å². The second-order valence-electron chi connectivity index (χ2n) is 6.12. The van der Waals surface area contributed by atoms with Gasteiger partial charge < -0.3 is 11.1 Å². The number of hydrogen-bond acceptors (Lipinski definition) is 3. The van der Waals surface area contributed by atoms with Crippen LogP contribution in [0.3, 0.4) is 0 Å². The monoisotopic (exact) mass is 309 g/mol. The third-order valence-corrected chi connectivity index (χ3v) is 4.32. The van der Waals surface area contributed by atoms with E-state index in [1.165, 1.54) is 18.4 Å². The fourth-order valence-corrected chi connectivity index (χ4v) is 2.93. The highest BCUT2D eigenvalue weighted by molar-refractivity contribution is 5.85. The molecular formula is C16H24ClN3O. The first-order valence-corrected chi connectivity index (χ1v) is 7.52. The Balaban J connectivity index is 0.00000161. The van der Waals surface area contributed by atoms with Crippen LogP contribution in [0.5, 0.6) is 0 Å². The minimum atomic E-state index is 0. The summed E-state index contributed by atoms with van der Waals surface area (Å²) in [6.45, 7) is 3.00. The van der Waals surface area contributed by atoms with Gasteiger partial charge in [-0.15, -0.1) is 12.4 Å². The molecule has 1 heterocycles. The molecule has 0 radical (unpaired) electrons. The molecule has 1 saturated heterocycles. The molecule has 0 bridgehead atoms. The van der Waals surface area contributed by atoms with Crippen molar-refractivity contribution in [3.8, 4) is 0 Å². The standard InChI is InChI=1S/C16H23N3O.ClH/c17-15-10-19(11-16(20)18-8-12-6-7-12)9-14(15)13-4-2-1-3-5-13;/h1-5,12,14-15H,6-11,17H2,(H,18,20);1H/t14-,15+;/m0./s1. The van der Waals surface area contributed by atoms with Crippen molar-refractivity contribution in [3.05, 3.63) is 35.9 Å². The van der Waals surface area contributed by atoms with Crippen LogP contribution < -0.4 is 11.1 Å². The molecule has 21 heavy (non-hydrogen) atoms. The van der Waals surface area contributed by atoms with Gasteiger partial charge in [0.25, 0.3) is 0 Å². The molecule has 3 rings (SSSR count). The molecule has 1 saturated carbocycles. The Bertz CT molecular complexity index is 464. The number of carbonyl (C=O) groups is 1. The number of amides is 1. The maximum atomic E-state index is 11.9. The van der Waals surface area contributed by atoms with Gasteiger partial charge in [0.1, 0.15) is 0 Å². The summed E-state index contributed by atoms with van der Waals surface area (Å²) in [5, 5.41) is 3.02. The Morgan fingerprint density at radius 1 is 1.24 bits per heavy atom. The molecule has 2 atom stereocenters. The molecule has 2 aliphatic rings. The summed E-state index contributed by atoms with van der Waals surface area (Å²) in [4.78, 5) is 14.1. The van der Waals surface area contributed by atoms with Crippen LogP contribution in [-0.4, -0.2) is 43.0 Å². The van der Waals surface area contributed by atoms with Crippen molar-refractivity contribution in [2.24, 2.45) is 11.7 Å². The molecule has 0 aromatic heterocycles. The summed E-state index contributed by atoms with van der Waals surface area (Å²) in [5.41, 5.74) is 7.51. The number of nitrogens with two attached hydrogens (primary N) is 1. The molecule has 0 spiro atoms. The molecule has 1 aliphatic heterocycles. The molecular weight excluding hydrogens is 286 g/mol. The number of nitrogens with one attached hydrogen (secondary N) is 1. The van der Waals surface area contributed by atoms with Gasteiger partial charge in [-0.25, -0.2) is 0 Å². The average Bonchev–Trinajstić information content (AvgIpc) is 3.21. The van der Waals surface area contributed by atoms with Crippen LogP contribution in [0.25, 0.3) is 0 Å². The van der Waals surface area contributed by atoms with E-state index in [1.807, 2.05) is 18.2 Å². The van der Waals surface area contributed by atoms with Crippen LogP contribution >= 0.6 is 12.4 Å². The van der Waals surface area contributed by atoms with E-state index in [0.29, 0.717) is 12.5 Å². The lowest BCUT2D eigenvalue weighted by Crippen LogP contribution is -2.38. The molecule has 1 aliphatic carbocycles. The Morgan fingerprint density at radius 2 is 1.95 bits per heavy atom. The Hall–Kier alpha value is -1.10. The molecule has 1 aromatic rings. The lowest BCUT2D eigenvalue weighted by molar-refractivity contribution is -0.122. The Morgan fingerprint density at radius 3 is 2.62 bits per heavy atom. The first-order chi connectivity index (χ1) is 9.72. The van der Waals surface area contributed by atoms with Crippen molar-refractivity contribution >= 4 is 18.3 Å². The van der Waals surface area contributed by atoms with E-state index < -0.39 is 0 Å². The summed E-state index contributed by atoms with van der Waals surface area (Å²) >= 11 is 0. The fraction of sp³-hybridized carbons (Fsp3) is 0.562. The van der Waals surface area contributed by atoms with Crippen molar-refractivity contribution in [3.63, 3.8) is 0 Å². The van der Waals surface area contributed by atoms with Crippen molar-refractivity contribution in [1.82, 2.24) is 10.2 Å². The van der Waals surface area contributed by atoms with E-state index >= 15 is 0 Å². The third-order valence-electron chi connectivity index (χ3n) is 4.32. The van der Waals surface area contributed by atoms with E-state index in [9.17, 15) is 4.79 Å². The average molecular weight is 310 g/mol. The second-order valence-corrected chi connectivity index (χ2v) is 6.12. The van der Waals surface area contributed by atoms with Crippen molar-refractivity contribution < 1.29 is 4.79 Å². The molecule has 5 heteroatoms. The lowest BCUT2D eigenvalue weighted by atomic mass is 9.95. The number of likely N-dealkylation sites (tertiary alicyclic amines) is 1. The van der Waals surface area contributed by atoms with Crippen molar-refractivity contribution in [2.75, 3.05) is 26.2 Å². The summed E-state index contributed by atoms with van der Waals surface area (Å²) in [7, 11) is 0. The first kappa shape index (κ1) is 16.3. The van der Waals surface area contributed by atoms with E-state index in [2.05, 4.69) is 22.3 Å². The fourth-order valence-electron chi connectivity index (χ4n) is 2.93. The van der Waals surface area contributed by atoms with Gasteiger partial charge in [-0.2, -0.15) is 0 Å². The van der Waals surface area contributed by atoms with Crippen LogP contribution in [-0.2, 0) is 4.79 Å². The molecule has 4 nitrogen and oxygen atoms in total. The normalized spacial score (nSPS) is 25.4. The van der Waals surface area contributed by atoms with Gasteiger partial charge in [0, 0.05) is 31.6 Å². The number of rotatable bonds is 5. The van der Waals surface area contributed by atoms with E-state index in [-0.39, 0.29) is 24.4 Å². The number of carbonyl (C=O) groups excluding carboxylic acids is 1. The van der Waals surface area contributed by atoms with Crippen LogP contribution in [0.1, 0.15) is 24.3 Å². The largest absolute Gasteiger partial charge is 0.355 e. The molecule has 116 valence electrons. The molecule has 1 amide bonds. The summed E-state index contributed by atoms with van der Waals surface area (Å²) in [6.07, 6.45) is 2.54. The van der Waals surface area contributed by atoms with Crippen molar-refractivity contribution in [2.45, 2.75) is 24.8 Å². The predicted molar refractivity (Wildman–Crippen MR) is 86.6 cm³/mol. The van der Waals surface area contributed by atoms with Gasteiger partial charge in [-0.1, -0.05) is 30.3 Å². The number of halogens is 1. The Kier molecular flexibility index (Phi) is 5.62. The molecule has 1 aromatic carbocycles. The highest BCUT2D eigenvalue weighted by atomic mass is 35.5. The van der Waals surface area contributed by atoms with Gasteiger partial charge in [0.15, 0.2) is 0 Å². The topological polar surface area (TPSA) is 58.4 Å². The van der Waals surface area contributed by atoms with Crippen molar-refractivity contribution in [1.29, 1.82) is 0 Å². The van der Waals surface area contributed by atoms with Crippen LogP contribution in [0.2, 0.25) is 0 Å². The Labute approximate surface area is 132 Å². The minimum absolute atomic E-state index is 0. The van der Waals surface area contributed by atoms with E-state index in [4.69, 9.17) is 5.73 Å². The summed E-state index contributed by atoms with van der Waals surface area (Å²) in [6, 6.07) is 10.5. The second kappa shape index (κ2) is 7.25. The quantitative estimate of drug-likeness (QED) is 0.863. The smallest absolute Gasteiger partial charge is 0.234 e. The van der Waals surface area contributed by atoms with Crippen LogP contribution in [0.15, 0.2) is 30.3 Å². The van der Waals surface area contributed by atoms with Gasteiger partial charge in [-0.05, 0) is 24.3 Å². The molecule has 2 fully saturated rings.